The summed E-state index contributed by atoms with van der Waals surface area (Å²) in [7, 11) is 0. The first-order chi connectivity index (χ1) is 8.88. The van der Waals surface area contributed by atoms with Crippen LogP contribution in [0.5, 0.6) is 0 Å². The highest BCUT2D eigenvalue weighted by Crippen LogP contribution is 2.23. The van der Waals surface area contributed by atoms with Crippen LogP contribution in [-0.4, -0.2) is 47.3 Å². The van der Waals surface area contributed by atoms with Gasteiger partial charge in [-0.2, -0.15) is 0 Å². The minimum Gasteiger partial charge on any atom is -0.477 e. The normalized spacial score (nSPS) is 16.5. The summed E-state index contributed by atoms with van der Waals surface area (Å²) in [6.45, 7) is 8.62. The molecule has 1 aromatic heterocycles. The monoisotopic (exact) mass is 265 g/mol. The highest BCUT2D eigenvalue weighted by Gasteiger charge is 2.23. The van der Waals surface area contributed by atoms with Crippen molar-refractivity contribution in [2.45, 2.75) is 26.2 Å². The van der Waals surface area contributed by atoms with E-state index >= 15 is 0 Å². The summed E-state index contributed by atoms with van der Waals surface area (Å²) in [5.74, 6) is -0.546. The van der Waals surface area contributed by atoms with Gasteiger partial charge >= 0.3 is 5.97 Å². The molecular weight excluding hydrogens is 246 g/mol. The van der Waals surface area contributed by atoms with Crippen molar-refractivity contribution in [3.63, 3.8) is 0 Å². The van der Waals surface area contributed by atoms with Gasteiger partial charge in [-0.25, -0.2) is 14.8 Å². The summed E-state index contributed by atoms with van der Waals surface area (Å²) in [5, 5.41) is 9.16. The van der Waals surface area contributed by atoms with E-state index in [1.54, 1.807) is 6.07 Å². The topological polar surface area (TPSA) is 75.5 Å². The summed E-state index contributed by atoms with van der Waals surface area (Å²) >= 11 is 0. The first kappa shape index (κ1) is 13.7. The Kier molecular flexibility index (Phi) is 3.71. The molecule has 104 valence electrons. The molecule has 0 amide bonds. The molecule has 1 N–H and O–H groups in total. The van der Waals surface area contributed by atoms with E-state index < -0.39 is 5.97 Å². The van der Waals surface area contributed by atoms with Gasteiger partial charge in [0.1, 0.15) is 0 Å². The molecular formula is C13H19N3O3. The second-order valence-corrected chi connectivity index (χ2v) is 5.59. The summed E-state index contributed by atoms with van der Waals surface area (Å²) in [6, 6.07) is 1.55. The van der Waals surface area contributed by atoms with Crippen LogP contribution in [0.15, 0.2) is 6.07 Å². The Morgan fingerprint density at radius 1 is 1.32 bits per heavy atom. The van der Waals surface area contributed by atoms with E-state index in [-0.39, 0.29) is 11.1 Å². The molecule has 2 heterocycles. The highest BCUT2D eigenvalue weighted by atomic mass is 16.5. The molecule has 0 radical (unpaired) electrons. The van der Waals surface area contributed by atoms with Gasteiger partial charge in [0.25, 0.3) is 0 Å². The Balaban J connectivity index is 2.41. The van der Waals surface area contributed by atoms with Gasteiger partial charge in [-0.3, -0.25) is 0 Å². The number of carbonyl (C=O) groups is 1. The van der Waals surface area contributed by atoms with Gasteiger partial charge in [-0.15, -0.1) is 0 Å². The van der Waals surface area contributed by atoms with E-state index in [1.165, 1.54) is 0 Å². The van der Waals surface area contributed by atoms with E-state index in [0.717, 1.165) is 5.69 Å². The lowest BCUT2D eigenvalue weighted by molar-refractivity contribution is 0.0690. The molecule has 0 bridgehead atoms. The Labute approximate surface area is 112 Å². The number of carboxylic acids is 1. The summed E-state index contributed by atoms with van der Waals surface area (Å²) < 4.78 is 5.28. The van der Waals surface area contributed by atoms with Gasteiger partial charge in [0, 0.05) is 18.5 Å². The zero-order chi connectivity index (χ0) is 14.0. The lowest BCUT2D eigenvalue weighted by Gasteiger charge is -2.28. The summed E-state index contributed by atoms with van der Waals surface area (Å²) in [6.07, 6.45) is 0. The molecule has 0 aromatic carbocycles. The zero-order valence-electron chi connectivity index (χ0n) is 11.5. The number of aromatic nitrogens is 2. The highest BCUT2D eigenvalue weighted by molar-refractivity contribution is 5.85. The van der Waals surface area contributed by atoms with Gasteiger partial charge in [0.2, 0.25) is 5.95 Å². The van der Waals surface area contributed by atoms with E-state index in [1.807, 2.05) is 25.7 Å². The number of carboxylic acid groups (broad SMARTS) is 1. The third-order valence-corrected chi connectivity index (χ3v) is 3.00. The maximum Gasteiger partial charge on any atom is 0.354 e. The number of rotatable bonds is 2. The molecule has 1 aliphatic heterocycles. The van der Waals surface area contributed by atoms with Gasteiger partial charge in [0.15, 0.2) is 5.69 Å². The minimum absolute atomic E-state index is 0.0430. The smallest absolute Gasteiger partial charge is 0.354 e. The van der Waals surface area contributed by atoms with Gasteiger partial charge < -0.3 is 14.7 Å². The van der Waals surface area contributed by atoms with Crippen LogP contribution in [-0.2, 0) is 10.2 Å². The molecule has 6 nitrogen and oxygen atoms in total. The molecule has 2 rings (SSSR count). The van der Waals surface area contributed by atoms with Crippen LogP contribution in [0.2, 0.25) is 0 Å². The fraction of sp³-hybridized carbons (Fsp3) is 0.615. The van der Waals surface area contributed by atoms with Crippen LogP contribution < -0.4 is 4.90 Å². The largest absolute Gasteiger partial charge is 0.477 e. The predicted molar refractivity (Wildman–Crippen MR) is 70.7 cm³/mol. The van der Waals surface area contributed by atoms with Gasteiger partial charge in [-0.05, 0) is 6.07 Å². The molecule has 6 heteroatoms. The molecule has 1 saturated heterocycles. The van der Waals surface area contributed by atoms with Crippen molar-refractivity contribution in [2.75, 3.05) is 31.2 Å². The van der Waals surface area contributed by atoms with Crippen LogP contribution in [0.1, 0.15) is 37.0 Å². The Morgan fingerprint density at radius 3 is 2.47 bits per heavy atom. The minimum atomic E-state index is -1.03. The molecule has 0 spiro atoms. The van der Waals surface area contributed by atoms with Crippen molar-refractivity contribution in [3.8, 4) is 0 Å². The van der Waals surface area contributed by atoms with E-state index in [4.69, 9.17) is 9.84 Å². The van der Waals surface area contributed by atoms with Crippen molar-refractivity contribution in [3.05, 3.63) is 17.5 Å². The fourth-order valence-electron chi connectivity index (χ4n) is 1.83. The first-order valence-electron chi connectivity index (χ1n) is 6.33. The summed E-state index contributed by atoms with van der Waals surface area (Å²) in [5.41, 5.74) is 0.566. The maximum atomic E-state index is 11.2. The number of ether oxygens (including phenoxy) is 1. The summed E-state index contributed by atoms with van der Waals surface area (Å²) in [4.78, 5) is 21.8. The lowest BCUT2D eigenvalue weighted by atomic mass is 9.91. The number of anilines is 1. The Hall–Kier alpha value is -1.69. The molecule has 0 atom stereocenters. The molecule has 0 aliphatic carbocycles. The number of hydrogen-bond donors (Lipinski definition) is 1. The zero-order valence-corrected chi connectivity index (χ0v) is 11.5. The second kappa shape index (κ2) is 5.13. The number of aromatic carboxylic acids is 1. The van der Waals surface area contributed by atoms with Gasteiger partial charge in [0.05, 0.1) is 18.9 Å². The SMILES string of the molecule is CC(C)(C)c1cc(C(=O)O)nc(N2CCOCC2)n1. The number of morpholine rings is 1. The third-order valence-electron chi connectivity index (χ3n) is 3.00. The van der Waals surface area contributed by atoms with Crippen molar-refractivity contribution in [1.82, 2.24) is 9.97 Å². The fourth-order valence-corrected chi connectivity index (χ4v) is 1.83. The lowest BCUT2D eigenvalue weighted by Crippen LogP contribution is -2.38. The average molecular weight is 265 g/mol. The molecule has 19 heavy (non-hydrogen) atoms. The van der Waals surface area contributed by atoms with Gasteiger partial charge in [-0.1, -0.05) is 20.8 Å². The molecule has 1 aromatic rings. The van der Waals surface area contributed by atoms with Crippen LogP contribution in [0.3, 0.4) is 0 Å². The standard InChI is InChI=1S/C13H19N3O3/c1-13(2,3)10-8-9(11(17)18)14-12(15-10)16-4-6-19-7-5-16/h8H,4-7H2,1-3H3,(H,17,18). The molecule has 0 unspecified atom stereocenters. The third kappa shape index (κ3) is 3.20. The number of hydrogen-bond acceptors (Lipinski definition) is 5. The van der Waals surface area contributed by atoms with E-state index in [2.05, 4.69) is 9.97 Å². The Morgan fingerprint density at radius 2 is 1.95 bits per heavy atom. The molecule has 1 fully saturated rings. The molecule has 0 saturated carbocycles. The van der Waals surface area contributed by atoms with Crippen molar-refractivity contribution in [1.29, 1.82) is 0 Å². The average Bonchev–Trinajstić information content (AvgIpc) is 2.38. The van der Waals surface area contributed by atoms with Crippen LogP contribution in [0.4, 0.5) is 5.95 Å². The second-order valence-electron chi connectivity index (χ2n) is 5.59. The molecule has 1 aliphatic rings. The van der Waals surface area contributed by atoms with Crippen molar-refractivity contribution < 1.29 is 14.6 Å². The predicted octanol–water partition coefficient (Wildman–Crippen LogP) is 1.31. The van der Waals surface area contributed by atoms with E-state index in [0.29, 0.717) is 32.3 Å². The van der Waals surface area contributed by atoms with E-state index in [9.17, 15) is 4.79 Å². The van der Waals surface area contributed by atoms with Crippen molar-refractivity contribution >= 4 is 11.9 Å². The van der Waals surface area contributed by atoms with Crippen LogP contribution in [0.25, 0.3) is 0 Å². The maximum absolute atomic E-state index is 11.2. The van der Waals surface area contributed by atoms with Crippen LogP contribution >= 0.6 is 0 Å². The van der Waals surface area contributed by atoms with Crippen molar-refractivity contribution in [2.24, 2.45) is 0 Å². The first-order valence-corrected chi connectivity index (χ1v) is 6.33. The Bertz CT molecular complexity index is 477. The van der Waals surface area contributed by atoms with Crippen LogP contribution in [0, 0.1) is 0 Å². The quantitative estimate of drug-likeness (QED) is 0.869. The number of nitrogens with zero attached hydrogens (tertiary/aromatic N) is 3.